The molecule has 1 atom stereocenters. The van der Waals surface area contributed by atoms with E-state index < -0.39 is 0 Å². The van der Waals surface area contributed by atoms with Crippen molar-refractivity contribution in [2.45, 2.75) is 39.2 Å². The first-order valence-electron chi connectivity index (χ1n) is 10.7. The summed E-state index contributed by atoms with van der Waals surface area (Å²) in [6, 6.07) is 12.3. The predicted octanol–water partition coefficient (Wildman–Crippen LogP) is 5.04. The molecule has 0 aliphatic carbocycles. The number of anilines is 1. The van der Waals surface area contributed by atoms with Gasteiger partial charge < -0.3 is 20.1 Å². The highest BCUT2D eigenvalue weighted by atomic mass is 79.9. The molecular formula is C24H29BrN2O4. The fourth-order valence-electron chi connectivity index (χ4n) is 3.30. The third-order valence-electron chi connectivity index (χ3n) is 5.07. The third-order valence-corrected chi connectivity index (χ3v) is 5.57. The van der Waals surface area contributed by atoms with Gasteiger partial charge >= 0.3 is 0 Å². The molecule has 1 aliphatic rings. The Hall–Kier alpha value is -2.38. The number of hydrogen-bond acceptors (Lipinski definition) is 4. The van der Waals surface area contributed by atoms with Gasteiger partial charge in [-0.05, 0) is 55.5 Å². The van der Waals surface area contributed by atoms with Crippen LogP contribution in [0.3, 0.4) is 0 Å². The van der Waals surface area contributed by atoms with E-state index in [1.165, 1.54) is 0 Å². The normalized spacial score (nSPS) is 15.7. The van der Waals surface area contributed by atoms with Crippen LogP contribution in [0.4, 0.5) is 5.69 Å². The number of ether oxygens (including phenoxy) is 2. The van der Waals surface area contributed by atoms with E-state index in [-0.39, 0.29) is 17.9 Å². The lowest BCUT2D eigenvalue weighted by Gasteiger charge is -2.15. The molecule has 2 aromatic rings. The monoisotopic (exact) mass is 488 g/mol. The van der Waals surface area contributed by atoms with Gasteiger partial charge in [0.2, 0.25) is 0 Å². The summed E-state index contributed by atoms with van der Waals surface area (Å²) in [6.07, 6.45) is 2.91. The highest BCUT2D eigenvalue weighted by molar-refractivity contribution is 9.10. The van der Waals surface area contributed by atoms with Crippen LogP contribution in [0.15, 0.2) is 46.9 Å². The molecule has 7 heteroatoms. The van der Waals surface area contributed by atoms with Gasteiger partial charge in [-0.2, -0.15) is 0 Å². The van der Waals surface area contributed by atoms with Crippen molar-refractivity contribution in [3.63, 3.8) is 0 Å². The average Bonchev–Trinajstić information content (AvgIpc) is 3.27. The van der Waals surface area contributed by atoms with Gasteiger partial charge in [0, 0.05) is 17.6 Å². The van der Waals surface area contributed by atoms with Gasteiger partial charge in [-0.15, -0.1) is 0 Å². The number of benzene rings is 2. The molecular weight excluding hydrogens is 460 g/mol. The van der Waals surface area contributed by atoms with Crippen LogP contribution in [0.1, 0.15) is 53.8 Å². The molecule has 166 valence electrons. The maximum atomic E-state index is 13.1. The topological polar surface area (TPSA) is 76.7 Å². The fraction of sp³-hybridized carbons (Fsp3) is 0.417. The van der Waals surface area contributed by atoms with E-state index in [9.17, 15) is 9.59 Å². The molecule has 2 amide bonds. The predicted molar refractivity (Wildman–Crippen MR) is 125 cm³/mol. The second-order valence-corrected chi connectivity index (χ2v) is 8.93. The SMILES string of the molecule is CC(C)CCOc1ccc(Br)cc1C(=O)Nc1ccccc1C(=O)NCC1CCCO1. The van der Waals surface area contributed by atoms with E-state index in [0.29, 0.717) is 41.6 Å². The first-order valence-corrected chi connectivity index (χ1v) is 11.5. The molecule has 1 fully saturated rings. The number of carbonyl (C=O) groups excluding carboxylic acids is 2. The number of amides is 2. The molecule has 3 rings (SSSR count). The summed E-state index contributed by atoms with van der Waals surface area (Å²) < 4.78 is 12.2. The third kappa shape index (κ3) is 6.80. The van der Waals surface area contributed by atoms with Crippen LogP contribution >= 0.6 is 15.9 Å². The minimum absolute atomic E-state index is 0.0536. The number of hydrogen-bond donors (Lipinski definition) is 2. The summed E-state index contributed by atoms with van der Waals surface area (Å²) in [5.41, 5.74) is 1.27. The molecule has 2 aromatic carbocycles. The zero-order valence-electron chi connectivity index (χ0n) is 17.9. The van der Waals surface area contributed by atoms with E-state index in [1.54, 1.807) is 36.4 Å². The van der Waals surface area contributed by atoms with Gasteiger partial charge in [-0.3, -0.25) is 9.59 Å². The summed E-state index contributed by atoms with van der Waals surface area (Å²) in [6.45, 7) is 5.97. The number of halogens is 1. The quantitative estimate of drug-likeness (QED) is 0.518. The lowest BCUT2D eigenvalue weighted by atomic mass is 10.1. The lowest BCUT2D eigenvalue weighted by Crippen LogP contribution is -2.32. The Morgan fingerprint density at radius 2 is 1.97 bits per heavy atom. The van der Waals surface area contributed by atoms with Crippen molar-refractivity contribution in [2.24, 2.45) is 5.92 Å². The number of rotatable bonds is 9. The molecule has 0 spiro atoms. The molecule has 1 heterocycles. The van der Waals surface area contributed by atoms with Gasteiger partial charge in [0.15, 0.2) is 0 Å². The van der Waals surface area contributed by atoms with Crippen molar-refractivity contribution >= 4 is 33.4 Å². The summed E-state index contributed by atoms with van der Waals surface area (Å²) >= 11 is 3.42. The van der Waals surface area contributed by atoms with Crippen molar-refractivity contribution < 1.29 is 19.1 Å². The summed E-state index contributed by atoms with van der Waals surface area (Å²) in [4.78, 5) is 25.8. The zero-order chi connectivity index (χ0) is 22.2. The molecule has 1 unspecified atom stereocenters. The number of carbonyl (C=O) groups is 2. The van der Waals surface area contributed by atoms with E-state index >= 15 is 0 Å². The van der Waals surface area contributed by atoms with Gasteiger partial charge in [0.25, 0.3) is 11.8 Å². The van der Waals surface area contributed by atoms with Crippen LogP contribution < -0.4 is 15.4 Å². The van der Waals surface area contributed by atoms with E-state index in [0.717, 1.165) is 30.3 Å². The molecule has 6 nitrogen and oxygen atoms in total. The van der Waals surface area contributed by atoms with E-state index in [1.807, 2.05) is 6.07 Å². The highest BCUT2D eigenvalue weighted by Gasteiger charge is 2.20. The Labute approximate surface area is 191 Å². The van der Waals surface area contributed by atoms with E-state index in [4.69, 9.17) is 9.47 Å². The van der Waals surface area contributed by atoms with Crippen LogP contribution in [0.2, 0.25) is 0 Å². The zero-order valence-corrected chi connectivity index (χ0v) is 19.5. The Bertz CT molecular complexity index is 910. The first kappa shape index (κ1) is 23.3. The summed E-state index contributed by atoms with van der Waals surface area (Å²) in [7, 11) is 0. The standard InChI is InChI=1S/C24H29BrN2O4/c1-16(2)11-13-31-22-10-9-17(25)14-20(22)24(29)27-21-8-4-3-7-19(21)23(28)26-15-18-6-5-12-30-18/h3-4,7-10,14,16,18H,5-6,11-13,15H2,1-2H3,(H,26,28)(H,27,29). The number of para-hydroxylation sites is 1. The Morgan fingerprint density at radius 3 is 2.71 bits per heavy atom. The van der Waals surface area contributed by atoms with Crippen LogP contribution in [0.25, 0.3) is 0 Å². The maximum absolute atomic E-state index is 13.1. The van der Waals surface area contributed by atoms with Gasteiger partial charge in [0.05, 0.1) is 29.5 Å². The van der Waals surface area contributed by atoms with Gasteiger partial charge in [-0.1, -0.05) is 41.9 Å². The van der Waals surface area contributed by atoms with Crippen molar-refractivity contribution in [1.29, 1.82) is 0 Å². The molecule has 1 aliphatic heterocycles. The van der Waals surface area contributed by atoms with Gasteiger partial charge in [0.1, 0.15) is 5.75 Å². The molecule has 2 N–H and O–H groups in total. The minimum atomic E-state index is -0.333. The second kappa shape index (κ2) is 11.3. The minimum Gasteiger partial charge on any atom is -0.493 e. The summed E-state index contributed by atoms with van der Waals surface area (Å²) in [5, 5.41) is 5.78. The molecule has 0 aromatic heterocycles. The molecule has 31 heavy (non-hydrogen) atoms. The fourth-order valence-corrected chi connectivity index (χ4v) is 3.66. The molecule has 0 bridgehead atoms. The largest absolute Gasteiger partial charge is 0.493 e. The molecule has 0 saturated carbocycles. The van der Waals surface area contributed by atoms with E-state index in [2.05, 4.69) is 40.4 Å². The van der Waals surface area contributed by atoms with Gasteiger partial charge in [-0.25, -0.2) is 0 Å². The molecule has 0 radical (unpaired) electrons. The van der Waals surface area contributed by atoms with Crippen molar-refractivity contribution in [1.82, 2.24) is 5.32 Å². The van der Waals surface area contributed by atoms with Crippen molar-refractivity contribution in [3.05, 3.63) is 58.1 Å². The van der Waals surface area contributed by atoms with Crippen molar-refractivity contribution in [3.8, 4) is 5.75 Å². The number of nitrogens with one attached hydrogen (secondary N) is 2. The Morgan fingerprint density at radius 1 is 1.16 bits per heavy atom. The molecule has 1 saturated heterocycles. The van der Waals surface area contributed by atoms with Crippen LogP contribution in [0, 0.1) is 5.92 Å². The average molecular weight is 489 g/mol. The Kier molecular flexibility index (Phi) is 8.49. The second-order valence-electron chi connectivity index (χ2n) is 8.02. The maximum Gasteiger partial charge on any atom is 0.259 e. The summed E-state index contributed by atoms with van der Waals surface area (Å²) in [5.74, 6) is 0.448. The van der Waals surface area contributed by atoms with Crippen LogP contribution in [0.5, 0.6) is 5.75 Å². The van der Waals surface area contributed by atoms with Crippen LogP contribution in [-0.4, -0.2) is 37.7 Å². The Balaban J connectivity index is 1.71. The highest BCUT2D eigenvalue weighted by Crippen LogP contribution is 2.26. The lowest BCUT2D eigenvalue weighted by molar-refractivity contribution is 0.0858. The smallest absolute Gasteiger partial charge is 0.259 e. The first-order chi connectivity index (χ1) is 14.9. The van der Waals surface area contributed by atoms with Crippen LogP contribution in [-0.2, 0) is 4.74 Å². The van der Waals surface area contributed by atoms with Crippen molar-refractivity contribution in [2.75, 3.05) is 25.1 Å².